The number of aliphatic hydroxyl groups excluding tert-OH is 1. The van der Waals surface area contributed by atoms with Gasteiger partial charge in [0.15, 0.2) is 0 Å². The number of carboxylic acid groups (broad SMARTS) is 1. The summed E-state index contributed by atoms with van der Waals surface area (Å²) in [5.74, 6) is -2.20. The third kappa shape index (κ3) is 4.73. The van der Waals surface area contributed by atoms with Crippen LogP contribution in [-0.4, -0.2) is 16.2 Å². The Balaban J connectivity index is 0.000000211. The van der Waals surface area contributed by atoms with Crippen molar-refractivity contribution in [3.8, 4) is 0 Å². The normalized spacial score (nSPS) is 9.67. The summed E-state index contributed by atoms with van der Waals surface area (Å²) in [6.07, 6.45) is 0. The largest absolute Gasteiger partial charge is 0.478 e. The summed E-state index contributed by atoms with van der Waals surface area (Å²) < 4.78 is 24.8. The third-order valence-corrected chi connectivity index (χ3v) is 2.52. The summed E-state index contributed by atoms with van der Waals surface area (Å²) in [6.45, 7) is -0.219. The second-order valence-electron chi connectivity index (χ2n) is 4.04. The van der Waals surface area contributed by atoms with Crippen LogP contribution in [0.3, 0.4) is 0 Å². The fraction of sp³-hybridized carbons (Fsp3) is 0.0714. The summed E-state index contributed by atoms with van der Waals surface area (Å²) in [7, 11) is 0. The van der Waals surface area contributed by atoms with Crippen molar-refractivity contribution in [1.29, 1.82) is 0 Å². The predicted octanol–water partition coefficient (Wildman–Crippen LogP) is 2.01. The molecule has 6 N–H and O–H groups in total. The van der Waals surface area contributed by atoms with Crippen molar-refractivity contribution in [2.24, 2.45) is 0 Å². The van der Waals surface area contributed by atoms with Gasteiger partial charge in [0.05, 0.1) is 12.2 Å². The standard InChI is InChI=1S/C7H6FNO2.C7H8FNO/c8-4-1-2-6(9)5(3-4)7(10)11;8-6-1-2-7(9)5(3-6)4-10/h1-3H,9H2,(H,10,11);1-3,10H,4,9H2. The van der Waals surface area contributed by atoms with Crippen molar-refractivity contribution in [3.63, 3.8) is 0 Å². The van der Waals surface area contributed by atoms with Gasteiger partial charge in [-0.05, 0) is 36.4 Å². The van der Waals surface area contributed by atoms with Gasteiger partial charge >= 0.3 is 5.97 Å². The van der Waals surface area contributed by atoms with Crippen LogP contribution in [0, 0.1) is 11.6 Å². The Labute approximate surface area is 119 Å². The molecule has 0 unspecified atom stereocenters. The van der Waals surface area contributed by atoms with E-state index in [4.69, 9.17) is 21.7 Å². The lowest BCUT2D eigenvalue weighted by Gasteiger charge is -1.99. The zero-order valence-electron chi connectivity index (χ0n) is 10.9. The van der Waals surface area contributed by atoms with Crippen molar-refractivity contribution in [1.82, 2.24) is 0 Å². The summed E-state index contributed by atoms with van der Waals surface area (Å²) in [5, 5.41) is 17.0. The smallest absolute Gasteiger partial charge is 0.337 e. The Morgan fingerprint density at radius 2 is 1.52 bits per heavy atom. The van der Waals surface area contributed by atoms with Gasteiger partial charge in [-0.3, -0.25) is 0 Å². The SMILES string of the molecule is Nc1ccc(F)cc1C(=O)O.Nc1ccc(F)cc1CO. The highest BCUT2D eigenvalue weighted by molar-refractivity contribution is 5.93. The molecule has 0 aliphatic heterocycles. The number of aliphatic hydroxyl groups is 1. The highest BCUT2D eigenvalue weighted by atomic mass is 19.1. The first-order chi connectivity index (χ1) is 9.85. The van der Waals surface area contributed by atoms with E-state index in [0.29, 0.717) is 11.3 Å². The first kappa shape index (κ1) is 16.4. The second kappa shape index (κ2) is 7.20. The van der Waals surface area contributed by atoms with Crippen LogP contribution in [0.5, 0.6) is 0 Å². The zero-order chi connectivity index (χ0) is 16.0. The van der Waals surface area contributed by atoms with Gasteiger partial charge in [0.2, 0.25) is 0 Å². The fourth-order valence-corrected chi connectivity index (χ4v) is 1.42. The number of nitrogen functional groups attached to an aromatic ring is 2. The number of halogens is 2. The number of benzene rings is 2. The zero-order valence-corrected chi connectivity index (χ0v) is 10.9. The van der Waals surface area contributed by atoms with Gasteiger partial charge in [-0.2, -0.15) is 0 Å². The lowest BCUT2D eigenvalue weighted by molar-refractivity contribution is 0.0697. The average molecular weight is 296 g/mol. The van der Waals surface area contributed by atoms with Gasteiger partial charge in [0.25, 0.3) is 0 Å². The predicted molar refractivity (Wildman–Crippen MR) is 74.5 cm³/mol. The summed E-state index contributed by atoms with van der Waals surface area (Å²) in [6, 6.07) is 7.13. The quantitative estimate of drug-likeness (QED) is 0.634. The summed E-state index contributed by atoms with van der Waals surface area (Å²) in [4.78, 5) is 10.3. The van der Waals surface area contributed by atoms with Crippen LogP contribution in [0.4, 0.5) is 20.2 Å². The van der Waals surface area contributed by atoms with Gasteiger partial charge in [0.1, 0.15) is 11.6 Å². The maximum atomic E-state index is 12.4. The van der Waals surface area contributed by atoms with E-state index in [2.05, 4.69) is 0 Å². The maximum Gasteiger partial charge on any atom is 0.337 e. The number of aromatic carboxylic acids is 1. The van der Waals surface area contributed by atoms with Gasteiger partial charge in [-0.1, -0.05) is 0 Å². The molecule has 0 heterocycles. The molecule has 2 rings (SSSR count). The maximum absolute atomic E-state index is 12.4. The number of nitrogens with two attached hydrogens (primary N) is 2. The lowest BCUT2D eigenvalue weighted by atomic mass is 10.2. The average Bonchev–Trinajstić information content (AvgIpc) is 2.44. The molecule has 0 atom stereocenters. The van der Waals surface area contributed by atoms with Gasteiger partial charge in [0, 0.05) is 16.9 Å². The van der Waals surface area contributed by atoms with Crippen LogP contribution >= 0.6 is 0 Å². The Bertz CT molecular complexity index is 648. The molecule has 21 heavy (non-hydrogen) atoms. The van der Waals surface area contributed by atoms with E-state index < -0.39 is 11.8 Å². The molecule has 0 aliphatic carbocycles. The van der Waals surface area contributed by atoms with E-state index in [1.807, 2.05) is 0 Å². The molecule has 0 saturated carbocycles. The molecule has 0 radical (unpaired) electrons. The molecule has 0 fully saturated rings. The van der Waals surface area contributed by atoms with Gasteiger partial charge in [-0.25, -0.2) is 13.6 Å². The topological polar surface area (TPSA) is 110 Å². The first-order valence-corrected chi connectivity index (χ1v) is 5.78. The van der Waals surface area contributed by atoms with Crippen LogP contribution in [0.15, 0.2) is 36.4 Å². The van der Waals surface area contributed by atoms with Gasteiger partial charge in [-0.15, -0.1) is 0 Å². The number of hydrogen-bond donors (Lipinski definition) is 4. The van der Waals surface area contributed by atoms with Crippen LogP contribution < -0.4 is 11.5 Å². The van der Waals surface area contributed by atoms with E-state index in [1.54, 1.807) is 0 Å². The van der Waals surface area contributed by atoms with Crippen LogP contribution in [0.1, 0.15) is 15.9 Å². The minimum Gasteiger partial charge on any atom is -0.478 e. The Morgan fingerprint density at radius 1 is 1.00 bits per heavy atom. The molecule has 0 saturated heterocycles. The van der Waals surface area contributed by atoms with Crippen molar-refractivity contribution in [3.05, 3.63) is 59.2 Å². The van der Waals surface area contributed by atoms with Gasteiger partial charge < -0.3 is 21.7 Å². The molecule has 112 valence electrons. The Hall–Kier alpha value is -2.67. The number of hydrogen-bond acceptors (Lipinski definition) is 4. The van der Waals surface area contributed by atoms with Crippen molar-refractivity contribution in [2.75, 3.05) is 11.5 Å². The number of carboxylic acids is 1. The van der Waals surface area contributed by atoms with Crippen molar-refractivity contribution >= 4 is 17.3 Å². The lowest BCUT2D eigenvalue weighted by Crippen LogP contribution is -2.02. The second-order valence-corrected chi connectivity index (χ2v) is 4.04. The minimum atomic E-state index is -1.22. The van der Waals surface area contributed by atoms with E-state index in [-0.39, 0.29) is 23.7 Å². The molecular weight excluding hydrogens is 282 g/mol. The molecule has 5 nitrogen and oxygen atoms in total. The summed E-state index contributed by atoms with van der Waals surface area (Å²) in [5.41, 5.74) is 11.3. The Morgan fingerprint density at radius 3 is 1.95 bits per heavy atom. The van der Waals surface area contributed by atoms with Crippen LogP contribution in [-0.2, 0) is 6.61 Å². The highest BCUT2D eigenvalue weighted by Crippen LogP contribution is 2.13. The van der Waals surface area contributed by atoms with Crippen molar-refractivity contribution < 1.29 is 23.8 Å². The fourth-order valence-electron chi connectivity index (χ4n) is 1.42. The molecule has 2 aromatic rings. The molecule has 7 heteroatoms. The van der Waals surface area contributed by atoms with Crippen LogP contribution in [0.2, 0.25) is 0 Å². The molecule has 2 aromatic carbocycles. The third-order valence-electron chi connectivity index (χ3n) is 2.52. The molecule has 0 spiro atoms. The van der Waals surface area contributed by atoms with E-state index in [0.717, 1.165) is 12.1 Å². The summed E-state index contributed by atoms with van der Waals surface area (Å²) >= 11 is 0. The molecule has 0 aliphatic rings. The van der Waals surface area contributed by atoms with E-state index in [9.17, 15) is 13.6 Å². The number of carbonyl (C=O) groups is 1. The van der Waals surface area contributed by atoms with Crippen molar-refractivity contribution in [2.45, 2.75) is 6.61 Å². The highest BCUT2D eigenvalue weighted by Gasteiger charge is 2.07. The Kier molecular flexibility index (Phi) is 5.62. The van der Waals surface area contributed by atoms with Crippen LogP contribution in [0.25, 0.3) is 0 Å². The molecule has 0 amide bonds. The van der Waals surface area contributed by atoms with E-state index >= 15 is 0 Å². The number of anilines is 2. The number of rotatable bonds is 2. The molecular formula is C14H14F2N2O3. The monoisotopic (exact) mass is 296 g/mol. The molecule has 0 bridgehead atoms. The minimum absolute atomic E-state index is 0.0684. The molecule has 0 aromatic heterocycles. The first-order valence-electron chi connectivity index (χ1n) is 5.78. The van der Waals surface area contributed by atoms with E-state index in [1.165, 1.54) is 24.3 Å².